The van der Waals surface area contributed by atoms with Crippen molar-refractivity contribution in [1.82, 2.24) is 4.90 Å². The van der Waals surface area contributed by atoms with Gasteiger partial charge in [0.05, 0.1) is 5.56 Å². The summed E-state index contributed by atoms with van der Waals surface area (Å²) in [5, 5.41) is 3.93. The maximum absolute atomic E-state index is 12.1. The van der Waals surface area contributed by atoms with Gasteiger partial charge in [-0.05, 0) is 36.1 Å². The Hall–Kier alpha value is -0.830. The lowest BCUT2D eigenvalue weighted by Gasteiger charge is -2.16. The number of likely N-dealkylation sites (tertiary alicyclic amines) is 1. The third-order valence-electron chi connectivity index (χ3n) is 3.78. The van der Waals surface area contributed by atoms with E-state index in [0.717, 1.165) is 30.5 Å². The summed E-state index contributed by atoms with van der Waals surface area (Å²) in [4.78, 5) is 14.1. The Labute approximate surface area is 93.9 Å². The molecule has 1 aromatic heterocycles. The van der Waals surface area contributed by atoms with Gasteiger partial charge in [0, 0.05) is 18.5 Å². The largest absolute Gasteiger partial charge is 0.338 e. The van der Waals surface area contributed by atoms with E-state index in [2.05, 4.69) is 4.90 Å². The molecule has 1 aliphatic heterocycles. The molecule has 3 heteroatoms. The Morgan fingerprint density at radius 1 is 1.33 bits per heavy atom. The molecule has 0 spiro atoms. The molecule has 80 valence electrons. The summed E-state index contributed by atoms with van der Waals surface area (Å²) in [6.07, 6.45) is 4.03. The van der Waals surface area contributed by atoms with Crippen LogP contribution in [0.3, 0.4) is 0 Å². The number of carbonyl (C=O) groups excluding carboxylic acids is 1. The zero-order chi connectivity index (χ0) is 10.3. The third-order valence-corrected chi connectivity index (χ3v) is 4.46. The van der Waals surface area contributed by atoms with Crippen molar-refractivity contribution in [1.29, 1.82) is 0 Å². The van der Waals surface area contributed by atoms with Crippen LogP contribution in [0.5, 0.6) is 0 Å². The number of hydrogen-bond donors (Lipinski definition) is 0. The highest BCUT2D eigenvalue weighted by atomic mass is 32.1. The second-order valence-corrected chi connectivity index (χ2v) is 5.45. The van der Waals surface area contributed by atoms with Crippen LogP contribution in [0.4, 0.5) is 0 Å². The van der Waals surface area contributed by atoms with Crippen LogP contribution in [0.2, 0.25) is 0 Å². The van der Waals surface area contributed by atoms with Crippen molar-refractivity contribution in [3.63, 3.8) is 0 Å². The quantitative estimate of drug-likeness (QED) is 0.714. The summed E-state index contributed by atoms with van der Waals surface area (Å²) in [5.41, 5.74) is 0.875. The van der Waals surface area contributed by atoms with Crippen LogP contribution in [0.1, 0.15) is 29.6 Å². The van der Waals surface area contributed by atoms with Crippen LogP contribution < -0.4 is 0 Å². The number of nitrogens with zero attached hydrogens (tertiary/aromatic N) is 1. The van der Waals surface area contributed by atoms with Gasteiger partial charge in [0.15, 0.2) is 0 Å². The van der Waals surface area contributed by atoms with Gasteiger partial charge in [0.1, 0.15) is 0 Å². The summed E-state index contributed by atoms with van der Waals surface area (Å²) >= 11 is 1.60. The van der Waals surface area contributed by atoms with Gasteiger partial charge < -0.3 is 4.90 Å². The molecule has 2 atom stereocenters. The van der Waals surface area contributed by atoms with Gasteiger partial charge in [-0.2, -0.15) is 11.3 Å². The number of rotatable bonds is 1. The summed E-state index contributed by atoms with van der Waals surface area (Å²) < 4.78 is 0. The van der Waals surface area contributed by atoms with E-state index < -0.39 is 0 Å². The van der Waals surface area contributed by atoms with Gasteiger partial charge in [-0.1, -0.05) is 6.42 Å². The van der Waals surface area contributed by atoms with Crippen LogP contribution in [0.15, 0.2) is 16.8 Å². The fourth-order valence-electron chi connectivity index (χ4n) is 2.97. The molecule has 15 heavy (non-hydrogen) atoms. The molecule has 0 aromatic carbocycles. The first kappa shape index (κ1) is 9.40. The lowest BCUT2D eigenvalue weighted by atomic mass is 10.0. The average Bonchev–Trinajstić information content (AvgIpc) is 2.92. The molecule has 0 bridgehead atoms. The highest BCUT2D eigenvalue weighted by Gasteiger charge is 2.38. The zero-order valence-corrected chi connectivity index (χ0v) is 9.50. The van der Waals surface area contributed by atoms with Gasteiger partial charge in [-0.15, -0.1) is 0 Å². The lowest BCUT2D eigenvalue weighted by molar-refractivity contribution is 0.0781. The minimum Gasteiger partial charge on any atom is -0.338 e. The van der Waals surface area contributed by atoms with Gasteiger partial charge in [-0.3, -0.25) is 4.79 Å². The van der Waals surface area contributed by atoms with E-state index in [0.29, 0.717) is 0 Å². The molecule has 1 aliphatic carbocycles. The number of hydrogen-bond acceptors (Lipinski definition) is 2. The van der Waals surface area contributed by atoms with E-state index in [1.54, 1.807) is 11.3 Å². The Bertz CT molecular complexity index is 348. The minimum absolute atomic E-state index is 0.241. The molecule has 0 N–H and O–H groups in total. The molecule has 1 amide bonds. The Morgan fingerprint density at radius 3 is 2.67 bits per heavy atom. The van der Waals surface area contributed by atoms with E-state index in [9.17, 15) is 4.79 Å². The number of carbonyl (C=O) groups is 1. The van der Waals surface area contributed by atoms with E-state index in [1.165, 1.54) is 19.3 Å². The summed E-state index contributed by atoms with van der Waals surface area (Å²) in [6.45, 7) is 2.00. The fourth-order valence-corrected chi connectivity index (χ4v) is 3.60. The highest BCUT2D eigenvalue weighted by Crippen LogP contribution is 2.38. The molecular formula is C12H15NOS. The highest BCUT2D eigenvalue weighted by molar-refractivity contribution is 7.08. The van der Waals surface area contributed by atoms with Crippen molar-refractivity contribution < 1.29 is 4.79 Å². The monoisotopic (exact) mass is 221 g/mol. The van der Waals surface area contributed by atoms with E-state index in [1.807, 2.05) is 16.8 Å². The first-order chi connectivity index (χ1) is 7.34. The van der Waals surface area contributed by atoms with Gasteiger partial charge in [0.2, 0.25) is 0 Å². The van der Waals surface area contributed by atoms with Crippen molar-refractivity contribution in [3.8, 4) is 0 Å². The maximum atomic E-state index is 12.1. The van der Waals surface area contributed by atoms with Crippen molar-refractivity contribution in [2.75, 3.05) is 13.1 Å². The van der Waals surface area contributed by atoms with Crippen molar-refractivity contribution in [2.24, 2.45) is 11.8 Å². The zero-order valence-electron chi connectivity index (χ0n) is 8.69. The van der Waals surface area contributed by atoms with Crippen molar-refractivity contribution in [2.45, 2.75) is 19.3 Å². The Morgan fingerprint density at radius 2 is 2.07 bits per heavy atom. The second kappa shape index (κ2) is 3.63. The molecular weight excluding hydrogens is 206 g/mol. The first-order valence-corrected chi connectivity index (χ1v) is 6.60. The van der Waals surface area contributed by atoms with E-state index in [4.69, 9.17) is 0 Å². The molecule has 1 saturated carbocycles. The van der Waals surface area contributed by atoms with E-state index >= 15 is 0 Å². The molecule has 1 saturated heterocycles. The summed E-state index contributed by atoms with van der Waals surface area (Å²) in [6, 6.07) is 1.93. The normalized spacial score (nSPS) is 29.5. The Kier molecular flexibility index (Phi) is 2.28. The van der Waals surface area contributed by atoms with Gasteiger partial charge >= 0.3 is 0 Å². The number of thiophene rings is 1. The molecule has 2 aliphatic rings. The number of amides is 1. The SMILES string of the molecule is O=C(c1ccsc1)N1CC2CCCC2C1. The van der Waals surface area contributed by atoms with Crippen LogP contribution in [-0.2, 0) is 0 Å². The fraction of sp³-hybridized carbons (Fsp3) is 0.583. The molecule has 0 radical (unpaired) electrons. The Balaban J connectivity index is 1.72. The summed E-state index contributed by atoms with van der Waals surface area (Å²) in [5.74, 6) is 1.84. The summed E-state index contributed by atoms with van der Waals surface area (Å²) in [7, 11) is 0. The standard InChI is InChI=1S/C12H15NOS/c14-12(11-4-5-15-8-11)13-6-9-2-1-3-10(9)7-13/h4-5,8-10H,1-3,6-7H2. The molecule has 3 rings (SSSR count). The lowest BCUT2D eigenvalue weighted by Crippen LogP contribution is -2.29. The molecule has 1 aromatic rings. The third kappa shape index (κ3) is 1.59. The minimum atomic E-state index is 0.241. The predicted octanol–water partition coefficient (Wildman–Crippen LogP) is 2.62. The first-order valence-electron chi connectivity index (χ1n) is 5.66. The average molecular weight is 221 g/mol. The smallest absolute Gasteiger partial charge is 0.254 e. The van der Waals surface area contributed by atoms with Crippen LogP contribution in [0, 0.1) is 11.8 Å². The van der Waals surface area contributed by atoms with Crippen molar-refractivity contribution >= 4 is 17.2 Å². The molecule has 2 unspecified atom stereocenters. The second-order valence-electron chi connectivity index (χ2n) is 4.67. The number of fused-ring (bicyclic) bond motifs is 1. The van der Waals surface area contributed by atoms with Crippen LogP contribution >= 0.6 is 11.3 Å². The van der Waals surface area contributed by atoms with Crippen LogP contribution in [0.25, 0.3) is 0 Å². The van der Waals surface area contributed by atoms with Gasteiger partial charge in [-0.25, -0.2) is 0 Å². The van der Waals surface area contributed by atoms with Gasteiger partial charge in [0.25, 0.3) is 5.91 Å². The van der Waals surface area contributed by atoms with E-state index in [-0.39, 0.29) is 5.91 Å². The topological polar surface area (TPSA) is 20.3 Å². The van der Waals surface area contributed by atoms with Crippen molar-refractivity contribution in [3.05, 3.63) is 22.4 Å². The van der Waals surface area contributed by atoms with Crippen LogP contribution in [-0.4, -0.2) is 23.9 Å². The maximum Gasteiger partial charge on any atom is 0.254 e. The molecule has 2 fully saturated rings. The molecule has 2 heterocycles. The predicted molar refractivity (Wildman–Crippen MR) is 61.1 cm³/mol. The molecule has 2 nitrogen and oxygen atoms in total.